The molecular weight excluding hydrogens is 362 g/mol. The molecule has 0 saturated carbocycles. The third kappa shape index (κ3) is 3.18. The van der Waals surface area contributed by atoms with Gasteiger partial charge in [0.2, 0.25) is 0 Å². The molecule has 0 aliphatic rings. The molecule has 18 heavy (non-hydrogen) atoms. The van der Waals surface area contributed by atoms with Crippen LogP contribution < -0.4 is 16.6 Å². The highest BCUT2D eigenvalue weighted by Gasteiger charge is 2.04. The van der Waals surface area contributed by atoms with Gasteiger partial charge in [-0.05, 0) is 41.1 Å². The van der Waals surface area contributed by atoms with Crippen molar-refractivity contribution in [1.82, 2.24) is 9.97 Å². The van der Waals surface area contributed by atoms with Crippen LogP contribution in [0, 0.1) is 6.92 Å². The van der Waals surface area contributed by atoms with Crippen LogP contribution in [-0.2, 0) is 0 Å². The number of nitrogens with zero attached hydrogens (tertiary/aromatic N) is 2. The lowest BCUT2D eigenvalue weighted by molar-refractivity contribution is 1.05. The predicted molar refractivity (Wildman–Crippen MR) is 79.7 cm³/mol. The van der Waals surface area contributed by atoms with Crippen LogP contribution in [0.1, 0.15) is 5.82 Å². The highest BCUT2D eigenvalue weighted by molar-refractivity contribution is 9.11. The van der Waals surface area contributed by atoms with E-state index in [1.807, 2.05) is 25.1 Å². The lowest BCUT2D eigenvalue weighted by Crippen LogP contribution is -2.10. The van der Waals surface area contributed by atoms with Crippen LogP contribution >= 0.6 is 31.9 Å². The van der Waals surface area contributed by atoms with Crippen LogP contribution in [0.25, 0.3) is 0 Å². The van der Waals surface area contributed by atoms with Crippen LogP contribution in [0.4, 0.5) is 17.3 Å². The highest BCUT2D eigenvalue weighted by Crippen LogP contribution is 2.28. The average molecular weight is 373 g/mol. The molecule has 0 unspecified atom stereocenters. The number of hydrogen-bond acceptors (Lipinski definition) is 5. The van der Waals surface area contributed by atoms with E-state index in [4.69, 9.17) is 5.84 Å². The third-order valence-corrected chi connectivity index (χ3v) is 3.36. The number of nitrogen functional groups attached to an aromatic ring is 1. The van der Waals surface area contributed by atoms with E-state index in [2.05, 4.69) is 52.6 Å². The summed E-state index contributed by atoms with van der Waals surface area (Å²) in [6.07, 6.45) is 0. The van der Waals surface area contributed by atoms with Crippen LogP contribution in [0.5, 0.6) is 0 Å². The van der Waals surface area contributed by atoms with Gasteiger partial charge in [-0.25, -0.2) is 15.8 Å². The minimum Gasteiger partial charge on any atom is -0.339 e. The van der Waals surface area contributed by atoms with E-state index < -0.39 is 0 Å². The molecule has 5 nitrogen and oxygen atoms in total. The SMILES string of the molecule is Cc1nc(NN)cc(Nc2cc(Br)ccc2Br)n1. The van der Waals surface area contributed by atoms with E-state index in [1.165, 1.54) is 0 Å². The summed E-state index contributed by atoms with van der Waals surface area (Å²) in [5, 5.41) is 3.21. The largest absolute Gasteiger partial charge is 0.339 e. The first kappa shape index (κ1) is 13.3. The minimum absolute atomic E-state index is 0.566. The Labute approximate surface area is 121 Å². The zero-order valence-electron chi connectivity index (χ0n) is 9.54. The number of rotatable bonds is 3. The third-order valence-electron chi connectivity index (χ3n) is 2.18. The number of anilines is 3. The number of aromatic nitrogens is 2. The summed E-state index contributed by atoms with van der Waals surface area (Å²) in [5.41, 5.74) is 3.42. The Morgan fingerprint density at radius 3 is 2.56 bits per heavy atom. The molecule has 7 heteroatoms. The molecule has 0 radical (unpaired) electrons. The quantitative estimate of drug-likeness (QED) is 0.569. The van der Waals surface area contributed by atoms with Gasteiger partial charge in [0, 0.05) is 15.0 Å². The molecule has 0 bridgehead atoms. The van der Waals surface area contributed by atoms with Crippen molar-refractivity contribution in [3.63, 3.8) is 0 Å². The lowest BCUT2D eigenvalue weighted by Gasteiger charge is -2.10. The molecule has 0 atom stereocenters. The van der Waals surface area contributed by atoms with E-state index >= 15 is 0 Å². The normalized spacial score (nSPS) is 10.2. The van der Waals surface area contributed by atoms with E-state index in [9.17, 15) is 0 Å². The van der Waals surface area contributed by atoms with Crippen molar-refractivity contribution in [3.8, 4) is 0 Å². The topological polar surface area (TPSA) is 75.9 Å². The van der Waals surface area contributed by atoms with Crippen molar-refractivity contribution in [3.05, 3.63) is 39.0 Å². The van der Waals surface area contributed by atoms with Gasteiger partial charge in [-0.2, -0.15) is 0 Å². The molecule has 1 aromatic carbocycles. The summed E-state index contributed by atoms with van der Waals surface area (Å²) in [5.74, 6) is 7.23. The number of aryl methyl sites for hydroxylation is 1. The fourth-order valence-corrected chi connectivity index (χ4v) is 2.14. The van der Waals surface area contributed by atoms with E-state index in [0.29, 0.717) is 17.5 Å². The van der Waals surface area contributed by atoms with Gasteiger partial charge >= 0.3 is 0 Å². The Hall–Kier alpha value is -1.18. The molecule has 1 heterocycles. The van der Waals surface area contributed by atoms with E-state index in [0.717, 1.165) is 14.6 Å². The molecule has 0 fully saturated rings. The van der Waals surface area contributed by atoms with Crippen molar-refractivity contribution in [2.24, 2.45) is 5.84 Å². The standard InChI is InChI=1S/C11H11Br2N5/c1-6-15-10(5-11(16-6)18-14)17-9-4-7(12)2-3-8(9)13/h2-5H,14H2,1H3,(H2,15,16,17,18). The minimum atomic E-state index is 0.566. The van der Waals surface area contributed by atoms with Crippen LogP contribution in [0.15, 0.2) is 33.2 Å². The number of hydrogen-bond donors (Lipinski definition) is 3. The predicted octanol–water partition coefficient (Wildman–Crippen LogP) is 3.34. The van der Waals surface area contributed by atoms with Crippen LogP contribution in [0.3, 0.4) is 0 Å². The number of benzene rings is 1. The maximum absolute atomic E-state index is 5.35. The maximum atomic E-state index is 5.35. The van der Waals surface area contributed by atoms with Gasteiger partial charge in [0.05, 0.1) is 5.69 Å². The highest BCUT2D eigenvalue weighted by atomic mass is 79.9. The number of nitrogens with two attached hydrogens (primary N) is 1. The van der Waals surface area contributed by atoms with E-state index in [1.54, 1.807) is 6.07 Å². The first-order valence-corrected chi connectivity index (χ1v) is 6.71. The zero-order chi connectivity index (χ0) is 13.1. The molecule has 94 valence electrons. The smallest absolute Gasteiger partial charge is 0.145 e. The molecular formula is C11H11Br2N5. The summed E-state index contributed by atoms with van der Waals surface area (Å²) >= 11 is 6.90. The second-order valence-electron chi connectivity index (χ2n) is 3.58. The Morgan fingerprint density at radius 2 is 1.83 bits per heavy atom. The Bertz CT molecular complexity index is 573. The monoisotopic (exact) mass is 371 g/mol. The van der Waals surface area contributed by atoms with Crippen molar-refractivity contribution in [2.75, 3.05) is 10.7 Å². The summed E-state index contributed by atoms with van der Waals surface area (Å²) in [4.78, 5) is 8.42. The van der Waals surface area contributed by atoms with Crippen molar-refractivity contribution >= 4 is 49.2 Å². The fourth-order valence-electron chi connectivity index (χ4n) is 1.44. The fraction of sp³-hybridized carbons (Fsp3) is 0.0909. The second kappa shape index (κ2) is 5.64. The molecule has 0 amide bonds. The molecule has 2 rings (SSSR count). The summed E-state index contributed by atoms with van der Waals surface area (Å²) in [7, 11) is 0. The van der Waals surface area contributed by atoms with Crippen LogP contribution in [0.2, 0.25) is 0 Å². The van der Waals surface area contributed by atoms with Gasteiger partial charge in [0.15, 0.2) is 0 Å². The summed E-state index contributed by atoms with van der Waals surface area (Å²) in [6, 6.07) is 7.59. The van der Waals surface area contributed by atoms with Gasteiger partial charge in [-0.15, -0.1) is 0 Å². The average Bonchev–Trinajstić information content (AvgIpc) is 2.33. The molecule has 0 spiro atoms. The van der Waals surface area contributed by atoms with Crippen molar-refractivity contribution < 1.29 is 0 Å². The van der Waals surface area contributed by atoms with Crippen LogP contribution in [-0.4, -0.2) is 9.97 Å². The second-order valence-corrected chi connectivity index (χ2v) is 5.35. The van der Waals surface area contributed by atoms with Gasteiger partial charge in [-0.1, -0.05) is 15.9 Å². The van der Waals surface area contributed by atoms with Crippen molar-refractivity contribution in [1.29, 1.82) is 0 Å². The molecule has 0 aliphatic heterocycles. The molecule has 0 saturated heterocycles. The summed E-state index contributed by atoms with van der Waals surface area (Å²) in [6.45, 7) is 1.81. The maximum Gasteiger partial charge on any atom is 0.145 e. The Morgan fingerprint density at radius 1 is 1.11 bits per heavy atom. The van der Waals surface area contributed by atoms with Gasteiger partial charge in [0.1, 0.15) is 17.5 Å². The molecule has 1 aromatic heterocycles. The molecule has 2 aromatic rings. The van der Waals surface area contributed by atoms with Gasteiger partial charge in [0.25, 0.3) is 0 Å². The Balaban J connectivity index is 2.33. The van der Waals surface area contributed by atoms with Gasteiger partial charge in [-0.3, -0.25) is 0 Å². The first-order valence-electron chi connectivity index (χ1n) is 5.13. The molecule has 0 aliphatic carbocycles. The Kier molecular flexibility index (Phi) is 4.15. The van der Waals surface area contributed by atoms with Crippen molar-refractivity contribution in [2.45, 2.75) is 6.92 Å². The molecule has 4 N–H and O–H groups in total. The van der Waals surface area contributed by atoms with E-state index in [-0.39, 0.29) is 0 Å². The number of hydrazine groups is 1. The van der Waals surface area contributed by atoms with Gasteiger partial charge < -0.3 is 10.7 Å². The number of halogens is 2. The zero-order valence-corrected chi connectivity index (χ0v) is 12.7. The lowest BCUT2D eigenvalue weighted by atomic mass is 10.3. The summed E-state index contributed by atoms with van der Waals surface area (Å²) < 4.78 is 1.93. The number of nitrogens with one attached hydrogen (secondary N) is 2. The first-order chi connectivity index (χ1) is 8.58.